The van der Waals surface area contributed by atoms with Crippen LogP contribution in [0.15, 0.2) is 22.7 Å². The number of alkyl halides is 4. The number of rotatable bonds is 3. The van der Waals surface area contributed by atoms with Gasteiger partial charge in [0.25, 0.3) is 0 Å². The first-order chi connectivity index (χ1) is 8.25. The van der Waals surface area contributed by atoms with Crippen molar-refractivity contribution in [3.05, 3.63) is 33.8 Å². The van der Waals surface area contributed by atoms with E-state index in [0.29, 0.717) is 5.56 Å². The normalized spacial score (nSPS) is 13.2. The summed E-state index contributed by atoms with van der Waals surface area (Å²) in [4.78, 5) is 11.1. The molecule has 1 rings (SSSR count). The molecule has 0 fully saturated rings. The number of hydrogen-bond donors (Lipinski definition) is 0. The van der Waals surface area contributed by atoms with Gasteiger partial charge >= 0.3 is 12.1 Å². The van der Waals surface area contributed by atoms with Gasteiger partial charge < -0.3 is 4.74 Å². The molecule has 2 nitrogen and oxygen atoms in total. The Bertz CT molecular complexity index is 448. The molecule has 0 aliphatic heterocycles. The number of methoxy groups -OCH3 is 1. The molecule has 1 atom stereocenters. The summed E-state index contributed by atoms with van der Waals surface area (Å²) in [6, 6.07) is 3.71. The molecule has 0 amide bonds. The van der Waals surface area contributed by atoms with Gasteiger partial charge in [-0.3, -0.25) is 4.79 Å². The molecule has 100 valence electrons. The molecule has 0 bridgehead atoms. The topological polar surface area (TPSA) is 26.3 Å². The fraction of sp³-hybridized carbons (Fsp3) is 0.364. The summed E-state index contributed by atoms with van der Waals surface area (Å²) in [5.41, 5.74) is -0.482. The summed E-state index contributed by atoms with van der Waals surface area (Å²) in [7, 11) is 1.17. The van der Waals surface area contributed by atoms with Gasteiger partial charge in [0.1, 0.15) is 5.38 Å². The Balaban J connectivity index is 2.96. The molecule has 0 heterocycles. The predicted molar refractivity (Wildman–Crippen MR) is 64.5 cm³/mol. The lowest BCUT2D eigenvalue weighted by atomic mass is 10.1. The van der Waals surface area contributed by atoms with Crippen molar-refractivity contribution in [3.63, 3.8) is 0 Å². The Labute approximate surface area is 115 Å². The number of hydrogen-bond acceptors (Lipinski definition) is 2. The first-order valence-corrected chi connectivity index (χ1v) is 6.06. The van der Waals surface area contributed by atoms with Crippen LogP contribution >= 0.6 is 27.5 Å². The summed E-state index contributed by atoms with van der Waals surface area (Å²) in [5, 5.41) is -1.00. The molecule has 0 saturated carbocycles. The molecule has 0 spiro atoms. The van der Waals surface area contributed by atoms with E-state index in [1.54, 1.807) is 0 Å². The molecule has 0 radical (unpaired) electrons. The minimum atomic E-state index is -4.46. The van der Waals surface area contributed by atoms with E-state index >= 15 is 0 Å². The predicted octanol–water partition coefficient (Wildman–Crippen LogP) is 3.79. The third-order valence-corrected chi connectivity index (χ3v) is 3.23. The van der Waals surface area contributed by atoms with Crippen LogP contribution in [0.1, 0.15) is 11.1 Å². The molecule has 0 aliphatic carbocycles. The van der Waals surface area contributed by atoms with Crippen LogP contribution in [0.5, 0.6) is 0 Å². The number of benzene rings is 1. The molecule has 1 aromatic rings. The van der Waals surface area contributed by atoms with Gasteiger partial charge in [0.05, 0.1) is 12.7 Å². The zero-order valence-corrected chi connectivity index (χ0v) is 11.6. The third kappa shape index (κ3) is 3.88. The average molecular weight is 346 g/mol. The van der Waals surface area contributed by atoms with Gasteiger partial charge in [-0.1, -0.05) is 22.0 Å². The summed E-state index contributed by atoms with van der Waals surface area (Å²) in [6.45, 7) is 0. The molecular weight excluding hydrogens is 336 g/mol. The second kappa shape index (κ2) is 5.93. The quantitative estimate of drug-likeness (QED) is 0.615. The van der Waals surface area contributed by atoms with Gasteiger partial charge in [-0.25, -0.2) is 0 Å². The van der Waals surface area contributed by atoms with Crippen LogP contribution in [0.3, 0.4) is 0 Å². The summed E-state index contributed by atoms with van der Waals surface area (Å²) in [6.07, 6.45) is -4.48. The smallest absolute Gasteiger partial charge is 0.417 e. The fourth-order valence-electron chi connectivity index (χ4n) is 1.33. The highest BCUT2D eigenvalue weighted by Gasteiger charge is 2.33. The van der Waals surface area contributed by atoms with Crippen LogP contribution in [0.4, 0.5) is 13.2 Å². The SMILES string of the molecule is COC(=O)C(Cl)Cc1ccc(Br)c(C(F)(F)F)c1. The largest absolute Gasteiger partial charge is 0.468 e. The minimum Gasteiger partial charge on any atom is -0.468 e. The number of esters is 1. The van der Waals surface area contributed by atoms with E-state index in [1.165, 1.54) is 19.2 Å². The molecule has 1 unspecified atom stereocenters. The van der Waals surface area contributed by atoms with E-state index in [-0.39, 0.29) is 10.9 Å². The first-order valence-electron chi connectivity index (χ1n) is 4.83. The highest BCUT2D eigenvalue weighted by Crippen LogP contribution is 2.35. The van der Waals surface area contributed by atoms with Gasteiger partial charge in [0.15, 0.2) is 0 Å². The van der Waals surface area contributed by atoms with Crippen LogP contribution < -0.4 is 0 Å². The van der Waals surface area contributed by atoms with Gasteiger partial charge in [-0.2, -0.15) is 13.2 Å². The maximum absolute atomic E-state index is 12.6. The Hall–Kier alpha value is -0.750. The third-order valence-electron chi connectivity index (χ3n) is 2.21. The maximum atomic E-state index is 12.6. The molecule has 0 saturated heterocycles. The van der Waals surface area contributed by atoms with Crippen molar-refractivity contribution in [1.29, 1.82) is 0 Å². The molecule has 0 aliphatic rings. The lowest BCUT2D eigenvalue weighted by Crippen LogP contribution is -2.19. The Kier molecular flexibility index (Phi) is 5.04. The van der Waals surface area contributed by atoms with Gasteiger partial charge in [-0.05, 0) is 24.1 Å². The van der Waals surface area contributed by atoms with Crippen LogP contribution in [0.25, 0.3) is 0 Å². The van der Waals surface area contributed by atoms with Crippen molar-refractivity contribution in [2.24, 2.45) is 0 Å². The van der Waals surface area contributed by atoms with E-state index in [1.807, 2.05) is 0 Å². The second-order valence-corrected chi connectivity index (χ2v) is 4.89. The van der Waals surface area contributed by atoms with Crippen molar-refractivity contribution in [1.82, 2.24) is 0 Å². The monoisotopic (exact) mass is 344 g/mol. The van der Waals surface area contributed by atoms with E-state index < -0.39 is 23.1 Å². The van der Waals surface area contributed by atoms with Crippen LogP contribution in [-0.4, -0.2) is 18.5 Å². The zero-order valence-electron chi connectivity index (χ0n) is 9.22. The average Bonchev–Trinajstić information content (AvgIpc) is 2.29. The van der Waals surface area contributed by atoms with Crippen molar-refractivity contribution in [2.75, 3.05) is 7.11 Å². The summed E-state index contributed by atoms with van der Waals surface area (Å²) in [5.74, 6) is -0.673. The fourth-order valence-corrected chi connectivity index (χ4v) is 2.07. The van der Waals surface area contributed by atoms with Crippen molar-refractivity contribution in [2.45, 2.75) is 18.0 Å². The standard InChI is InChI=1S/C11H9BrClF3O2/c1-18-10(17)9(13)5-6-2-3-8(12)7(4-6)11(14,15)16/h2-4,9H,5H2,1H3. The van der Waals surface area contributed by atoms with E-state index in [4.69, 9.17) is 11.6 Å². The number of carbonyl (C=O) groups excluding carboxylic acids is 1. The van der Waals surface area contributed by atoms with Crippen LogP contribution in [-0.2, 0) is 22.1 Å². The lowest BCUT2D eigenvalue weighted by Gasteiger charge is -2.12. The molecule has 18 heavy (non-hydrogen) atoms. The van der Waals surface area contributed by atoms with E-state index in [0.717, 1.165) is 6.07 Å². The Morgan fingerprint density at radius 2 is 2.11 bits per heavy atom. The molecule has 7 heteroatoms. The van der Waals surface area contributed by atoms with Gasteiger partial charge in [-0.15, -0.1) is 11.6 Å². The molecular formula is C11H9BrClF3O2. The maximum Gasteiger partial charge on any atom is 0.417 e. The van der Waals surface area contributed by atoms with Crippen molar-refractivity contribution >= 4 is 33.5 Å². The minimum absolute atomic E-state index is 0.0232. The summed E-state index contributed by atoms with van der Waals surface area (Å²) >= 11 is 8.54. The van der Waals surface area contributed by atoms with E-state index in [9.17, 15) is 18.0 Å². The molecule has 0 aromatic heterocycles. The zero-order chi connectivity index (χ0) is 13.9. The van der Waals surface area contributed by atoms with E-state index in [2.05, 4.69) is 20.7 Å². The van der Waals surface area contributed by atoms with Gasteiger partial charge in [0, 0.05) is 4.47 Å². The highest BCUT2D eigenvalue weighted by molar-refractivity contribution is 9.10. The van der Waals surface area contributed by atoms with Crippen LogP contribution in [0, 0.1) is 0 Å². The second-order valence-electron chi connectivity index (χ2n) is 3.51. The first kappa shape index (κ1) is 15.3. The molecule has 1 aromatic carbocycles. The number of halogens is 5. The number of ether oxygens (including phenoxy) is 1. The molecule has 0 N–H and O–H groups in total. The highest BCUT2D eigenvalue weighted by atomic mass is 79.9. The summed E-state index contributed by atoms with van der Waals surface area (Å²) < 4.78 is 42.3. The Morgan fingerprint density at radius 3 is 2.61 bits per heavy atom. The van der Waals surface area contributed by atoms with Crippen molar-refractivity contribution < 1.29 is 22.7 Å². The van der Waals surface area contributed by atoms with Gasteiger partial charge in [0.2, 0.25) is 0 Å². The van der Waals surface area contributed by atoms with Crippen LogP contribution in [0.2, 0.25) is 0 Å². The van der Waals surface area contributed by atoms with Crippen molar-refractivity contribution in [3.8, 4) is 0 Å². The Morgan fingerprint density at radius 1 is 1.50 bits per heavy atom. The lowest BCUT2D eigenvalue weighted by molar-refractivity contribution is -0.140. The number of carbonyl (C=O) groups is 1.